The lowest BCUT2D eigenvalue weighted by Crippen LogP contribution is -1.92. The summed E-state index contributed by atoms with van der Waals surface area (Å²) in [6.45, 7) is 0. The van der Waals surface area contributed by atoms with E-state index in [-0.39, 0.29) is 65.4 Å². The monoisotopic (exact) mass is 662 g/mol. The van der Waals surface area contributed by atoms with E-state index in [0.29, 0.717) is 5.56 Å². The van der Waals surface area contributed by atoms with Crippen molar-refractivity contribution in [3.63, 3.8) is 0 Å². The largest absolute Gasteiger partial charge is 0.456 e. The molecule has 0 spiro atoms. The zero-order valence-electron chi connectivity index (χ0n) is 42.5. The Balaban J connectivity index is 1.39. The van der Waals surface area contributed by atoms with Crippen LogP contribution in [0.4, 0.5) is 0 Å². The van der Waals surface area contributed by atoms with Gasteiger partial charge in [-0.05, 0) is 118 Å². The van der Waals surface area contributed by atoms with Crippen LogP contribution in [0.15, 0.2) is 186 Å². The molecular weight excluding hydrogens is 617 g/mol. The molecule has 1 heteroatoms. The van der Waals surface area contributed by atoms with Gasteiger partial charge in [-0.1, -0.05) is 151 Å². The van der Waals surface area contributed by atoms with Crippen molar-refractivity contribution in [2.75, 3.05) is 0 Å². The molecule has 51 heavy (non-hydrogen) atoms. The molecule has 0 fully saturated rings. The van der Waals surface area contributed by atoms with Crippen LogP contribution in [0.3, 0.4) is 0 Å². The van der Waals surface area contributed by atoms with Gasteiger partial charge in [0.15, 0.2) is 0 Å². The molecule has 10 aromatic carbocycles. The highest BCUT2D eigenvalue weighted by molar-refractivity contribution is 6.27. The van der Waals surface area contributed by atoms with E-state index in [1.165, 1.54) is 0 Å². The normalized spacial score (nSPS) is 16.3. The Morgan fingerprint density at radius 2 is 1.08 bits per heavy atom. The fourth-order valence-corrected chi connectivity index (χ4v) is 7.43. The van der Waals surface area contributed by atoms with E-state index in [2.05, 4.69) is 0 Å². The van der Waals surface area contributed by atoms with Gasteiger partial charge in [-0.25, -0.2) is 0 Å². The van der Waals surface area contributed by atoms with Crippen molar-refractivity contribution in [1.82, 2.24) is 0 Å². The van der Waals surface area contributed by atoms with E-state index in [4.69, 9.17) is 16.8 Å². The number of rotatable bonds is 3. The van der Waals surface area contributed by atoms with Gasteiger partial charge in [-0.15, -0.1) is 0 Å². The minimum atomic E-state index is -0.726. The molecule has 0 aliphatic heterocycles. The lowest BCUT2D eigenvalue weighted by atomic mass is 9.84. The summed E-state index contributed by atoms with van der Waals surface area (Å²) in [6, 6.07) is 16.7. The lowest BCUT2D eigenvalue weighted by Gasteiger charge is -2.19. The van der Waals surface area contributed by atoms with Crippen molar-refractivity contribution >= 4 is 75.8 Å². The molecule has 1 heterocycles. The summed E-state index contributed by atoms with van der Waals surface area (Å²) in [5.41, 5.74) is 0.922. The topological polar surface area (TPSA) is 13.1 Å². The maximum absolute atomic E-state index is 9.59. The Morgan fingerprint density at radius 1 is 0.373 bits per heavy atom. The predicted molar refractivity (Wildman–Crippen MR) is 218 cm³/mol. The van der Waals surface area contributed by atoms with E-state index in [0.717, 1.165) is 38.7 Å². The molecule has 11 rings (SSSR count). The standard InChI is InChI=1S/C50H30O/c1-2-13-31(14-3-1)43-28-34-25-26-35(29-44(34)37-18-7-6-17-36(37)43)48-38-19-8-10-21-40(38)49(41-22-11-9-20-39(41)48)42-23-12-24-46-50(42)45-27-32-15-4-5-16-33(32)30-47(45)51-46/h1-30H/i4D,5D,8D,9D,10D,11D,12D,16D,19D,20D,21D,22D,23D,24D,27D,30D. The molecule has 0 atom stereocenters. The summed E-state index contributed by atoms with van der Waals surface area (Å²) >= 11 is 0. The van der Waals surface area contributed by atoms with Crippen molar-refractivity contribution in [2.45, 2.75) is 0 Å². The summed E-state index contributed by atoms with van der Waals surface area (Å²) < 4.78 is 152. The van der Waals surface area contributed by atoms with Crippen molar-refractivity contribution < 1.29 is 26.3 Å². The van der Waals surface area contributed by atoms with Crippen LogP contribution in [0.5, 0.6) is 0 Å². The molecule has 0 aliphatic carbocycles. The third-order valence-electron chi connectivity index (χ3n) is 9.62. The molecule has 236 valence electrons. The van der Waals surface area contributed by atoms with Gasteiger partial charge in [0.25, 0.3) is 0 Å². The third kappa shape index (κ3) is 4.22. The highest BCUT2D eigenvalue weighted by Crippen LogP contribution is 2.48. The Bertz CT molecular complexity index is 4030. The summed E-state index contributed by atoms with van der Waals surface area (Å²) in [5, 5.41) is 1.75. The average Bonchev–Trinajstić information content (AvgIpc) is 3.74. The molecule has 1 nitrogen and oxygen atoms in total. The molecule has 0 saturated carbocycles. The maximum Gasteiger partial charge on any atom is 0.136 e. The van der Waals surface area contributed by atoms with Gasteiger partial charge < -0.3 is 4.42 Å². The minimum Gasteiger partial charge on any atom is -0.456 e. The SMILES string of the molecule is [2H]c1cc2c([2H])c3c(oc4c([2H])c([2H])c([2H])c(-c5c6c([2H])c([2H])c([2H])c([2H])c6c(-c6ccc7cc(-c8ccccc8)c8ccccc8c7c6)c6c([2H])c([2H])c([2H])c([2H])c56)c43)c([2H])c2c([2H])c1[2H]. The van der Waals surface area contributed by atoms with Gasteiger partial charge in [0.1, 0.15) is 11.2 Å². The Labute approximate surface area is 317 Å². The number of furan rings is 1. The van der Waals surface area contributed by atoms with Crippen LogP contribution in [0.25, 0.3) is 109 Å². The molecule has 1 aromatic heterocycles. The summed E-state index contributed by atoms with van der Waals surface area (Å²) in [7, 11) is 0. The van der Waals surface area contributed by atoms with Gasteiger partial charge in [0, 0.05) is 10.8 Å². The van der Waals surface area contributed by atoms with E-state index < -0.39 is 102 Å². The molecule has 11 aromatic rings. The van der Waals surface area contributed by atoms with E-state index in [1.807, 2.05) is 72.8 Å². The molecule has 0 saturated heterocycles. The van der Waals surface area contributed by atoms with Crippen LogP contribution < -0.4 is 0 Å². The molecule has 0 aliphatic rings. The number of hydrogen-bond donors (Lipinski definition) is 0. The third-order valence-corrected chi connectivity index (χ3v) is 9.62. The van der Waals surface area contributed by atoms with Gasteiger partial charge in [0.05, 0.1) is 21.9 Å². The van der Waals surface area contributed by atoms with E-state index >= 15 is 0 Å². The van der Waals surface area contributed by atoms with Crippen molar-refractivity contribution in [2.24, 2.45) is 0 Å². The molecule has 0 radical (unpaired) electrons. The predicted octanol–water partition coefficient (Wildman–Crippen LogP) is 14.4. The average molecular weight is 663 g/mol. The van der Waals surface area contributed by atoms with Crippen LogP contribution in [0.2, 0.25) is 0 Å². The summed E-state index contributed by atoms with van der Waals surface area (Å²) in [4.78, 5) is 0. The van der Waals surface area contributed by atoms with Gasteiger partial charge in [0.2, 0.25) is 0 Å². The number of hydrogen-bond acceptors (Lipinski definition) is 1. The second-order valence-electron chi connectivity index (χ2n) is 12.4. The van der Waals surface area contributed by atoms with Crippen LogP contribution in [-0.2, 0) is 0 Å². The first-order chi connectivity index (χ1) is 32.0. The number of fused-ring (bicyclic) bond motifs is 9. The van der Waals surface area contributed by atoms with Gasteiger partial charge in [-0.2, -0.15) is 0 Å². The minimum absolute atomic E-state index is 0.0478. The van der Waals surface area contributed by atoms with E-state index in [9.17, 15) is 9.60 Å². The molecule has 0 unspecified atom stereocenters. The Kier molecular flexibility index (Phi) is 3.59. The zero-order chi connectivity index (χ0) is 47.4. The quantitative estimate of drug-likeness (QED) is 0.136. The Hall–Kier alpha value is -6.70. The van der Waals surface area contributed by atoms with Gasteiger partial charge in [-0.3, -0.25) is 0 Å². The summed E-state index contributed by atoms with van der Waals surface area (Å²) in [6.07, 6.45) is 0. The fourth-order valence-electron chi connectivity index (χ4n) is 7.43. The van der Waals surface area contributed by atoms with Crippen molar-refractivity contribution in [3.8, 4) is 33.4 Å². The van der Waals surface area contributed by atoms with Crippen LogP contribution in [0, 0.1) is 0 Å². The zero-order valence-corrected chi connectivity index (χ0v) is 26.5. The van der Waals surface area contributed by atoms with Crippen LogP contribution in [-0.4, -0.2) is 0 Å². The van der Waals surface area contributed by atoms with Crippen molar-refractivity contribution in [3.05, 3.63) is 182 Å². The second kappa shape index (κ2) is 10.9. The first-order valence-corrected chi connectivity index (χ1v) is 16.3. The maximum atomic E-state index is 9.59. The first kappa shape index (κ1) is 16.8. The van der Waals surface area contributed by atoms with Crippen LogP contribution >= 0.6 is 0 Å². The summed E-state index contributed by atoms with van der Waals surface area (Å²) in [5.74, 6) is 0. The first-order valence-electron chi connectivity index (χ1n) is 24.3. The smallest absolute Gasteiger partial charge is 0.136 e. The van der Waals surface area contributed by atoms with Crippen LogP contribution in [0.1, 0.15) is 21.9 Å². The highest BCUT2D eigenvalue weighted by atomic mass is 16.3. The Morgan fingerprint density at radius 3 is 1.86 bits per heavy atom. The lowest BCUT2D eigenvalue weighted by molar-refractivity contribution is 0.669. The molecule has 0 amide bonds. The molecular formula is C50H30O. The highest BCUT2D eigenvalue weighted by Gasteiger charge is 2.21. The molecule has 0 bridgehead atoms. The van der Waals surface area contributed by atoms with Crippen molar-refractivity contribution in [1.29, 1.82) is 0 Å². The fraction of sp³-hybridized carbons (Fsp3) is 0. The molecule has 0 N–H and O–H groups in total. The van der Waals surface area contributed by atoms with E-state index in [1.54, 1.807) is 6.07 Å². The van der Waals surface area contributed by atoms with Gasteiger partial charge >= 0.3 is 0 Å². The second-order valence-corrected chi connectivity index (χ2v) is 12.4. The number of benzene rings is 10.